The second kappa shape index (κ2) is 8.40. The van der Waals surface area contributed by atoms with Gasteiger partial charge in [-0.1, -0.05) is 33.8 Å². The Kier molecular flexibility index (Phi) is 7.65. The SMILES string of the molecule is CC.CC.CC1NC(=O)c2cccc(N)c2NC1C. The van der Waals surface area contributed by atoms with Crippen LogP contribution in [-0.4, -0.2) is 18.0 Å². The highest BCUT2D eigenvalue weighted by Gasteiger charge is 2.24. The average molecular weight is 265 g/mol. The zero-order chi connectivity index (χ0) is 15.0. The van der Waals surface area contributed by atoms with Gasteiger partial charge in [0, 0.05) is 12.1 Å². The van der Waals surface area contributed by atoms with Gasteiger partial charge in [0.05, 0.1) is 16.9 Å². The van der Waals surface area contributed by atoms with E-state index in [0.717, 1.165) is 5.69 Å². The Labute approximate surface area is 116 Å². The molecule has 2 atom stereocenters. The molecule has 2 rings (SSSR count). The molecule has 1 aromatic rings. The topological polar surface area (TPSA) is 67.2 Å². The van der Waals surface area contributed by atoms with Crippen LogP contribution in [0, 0.1) is 0 Å². The van der Waals surface area contributed by atoms with Gasteiger partial charge in [0.15, 0.2) is 0 Å². The van der Waals surface area contributed by atoms with E-state index < -0.39 is 0 Å². The Hall–Kier alpha value is -1.71. The molecule has 4 N–H and O–H groups in total. The van der Waals surface area contributed by atoms with Gasteiger partial charge in [0.1, 0.15) is 0 Å². The van der Waals surface area contributed by atoms with E-state index in [1.54, 1.807) is 18.2 Å². The molecule has 0 saturated heterocycles. The fourth-order valence-electron chi connectivity index (χ4n) is 1.68. The number of carbonyl (C=O) groups is 1. The first-order chi connectivity index (χ1) is 9.09. The lowest BCUT2D eigenvalue weighted by Gasteiger charge is -2.19. The van der Waals surface area contributed by atoms with Crippen molar-refractivity contribution in [2.45, 2.75) is 53.6 Å². The summed E-state index contributed by atoms with van der Waals surface area (Å²) in [7, 11) is 0. The molecule has 1 aromatic carbocycles. The highest BCUT2D eigenvalue weighted by molar-refractivity contribution is 6.03. The molecule has 19 heavy (non-hydrogen) atoms. The summed E-state index contributed by atoms with van der Waals surface area (Å²) in [6.45, 7) is 12.0. The average Bonchev–Trinajstić information content (AvgIpc) is 2.54. The van der Waals surface area contributed by atoms with Gasteiger partial charge in [-0.2, -0.15) is 0 Å². The molecule has 0 spiro atoms. The third-order valence-corrected chi connectivity index (χ3v) is 2.82. The van der Waals surface area contributed by atoms with Crippen LogP contribution in [0.5, 0.6) is 0 Å². The Morgan fingerprint density at radius 1 is 1.00 bits per heavy atom. The van der Waals surface area contributed by atoms with E-state index in [1.165, 1.54) is 0 Å². The second-order valence-corrected chi connectivity index (χ2v) is 3.96. The third kappa shape index (κ3) is 4.16. The molecule has 0 bridgehead atoms. The lowest BCUT2D eigenvalue weighted by molar-refractivity contribution is 0.0941. The number of nitrogen functional groups attached to an aromatic ring is 1. The monoisotopic (exact) mass is 265 g/mol. The number of hydrogen-bond donors (Lipinski definition) is 3. The minimum absolute atomic E-state index is 0.0679. The van der Waals surface area contributed by atoms with Crippen LogP contribution in [0.25, 0.3) is 0 Å². The van der Waals surface area contributed by atoms with Gasteiger partial charge in [-0.05, 0) is 26.0 Å². The number of hydrogen-bond acceptors (Lipinski definition) is 3. The van der Waals surface area contributed by atoms with Crippen LogP contribution in [0.4, 0.5) is 11.4 Å². The van der Waals surface area contributed by atoms with Gasteiger partial charge < -0.3 is 16.4 Å². The van der Waals surface area contributed by atoms with Crippen LogP contribution < -0.4 is 16.4 Å². The second-order valence-electron chi connectivity index (χ2n) is 3.96. The van der Waals surface area contributed by atoms with Crippen LogP contribution in [0.3, 0.4) is 0 Å². The molecule has 0 radical (unpaired) electrons. The molecule has 2 unspecified atom stereocenters. The van der Waals surface area contributed by atoms with Crippen molar-refractivity contribution in [2.24, 2.45) is 0 Å². The zero-order valence-corrected chi connectivity index (χ0v) is 12.9. The van der Waals surface area contributed by atoms with E-state index in [-0.39, 0.29) is 18.0 Å². The van der Waals surface area contributed by atoms with Crippen molar-refractivity contribution < 1.29 is 4.79 Å². The first kappa shape index (κ1) is 17.3. The van der Waals surface area contributed by atoms with Crippen LogP contribution >= 0.6 is 0 Å². The van der Waals surface area contributed by atoms with Crippen molar-refractivity contribution in [3.8, 4) is 0 Å². The van der Waals surface area contributed by atoms with E-state index >= 15 is 0 Å². The van der Waals surface area contributed by atoms with Crippen LogP contribution in [0.1, 0.15) is 51.9 Å². The van der Waals surface area contributed by atoms with Gasteiger partial charge in [-0.3, -0.25) is 4.79 Å². The number of para-hydroxylation sites is 1. The Morgan fingerprint density at radius 3 is 2.11 bits per heavy atom. The maximum atomic E-state index is 11.8. The minimum Gasteiger partial charge on any atom is -0.397 e. The van der Waals surface area contributed by atoms with E-state index in [2.05, 4.69) is 10.6 Å². The number of amides is 1. The maximum absolute atomic E-state index is 11.8. The minimum atomic E-state index is -0.0679. The molecule has 0 fully saturated rings. The summed E-state index contributed by atoms with van der Waals surface area (Å²) in [4.78, 5) is 11.8. The van der Waals surface area contributed by atoms with Gasteiger partial charge in [0.2, 0.25) is 0 Å². The molecular weight excluding hydrogens is 238 g/mol. The number of nitrogens with one attached hydrogen (secondary N) is 2. The number of fused-ring (bicyclic) bond motifs is 1. The number of benzene rings is 1. The summed E-state index contributed by atoms with van der Waals surface area (Å²) >= 11 is 0. The molecule has 108 valence electrons. The van der Waals surface area contributed by atoms with Gasteiger partial charge in [0.25, 0.3) is 5.91 Å². The maximum Gasteiger partial charge on any atom is 0.253 e. The summed E-state index contributed by atoms with van der Waals surface area (Å²) < 4.78 is 0. The van der Waals surface area contributed by atoms with E-state index in [4.69, 9.17) is 5.73 Å². The Bertz CT molecular complexity index is 404. The number of nitrogens with two attached hydrogens (primary N) is 1. The fourth-order valence-corrected chi connectivity index (χ4v) is 1.68. The third-order valence-electron chi connectivity index (χ3n) is 2.82. The number of carbonyl (C=O) groups excluding carboxylic acids is 1. The highest BCUT2D eigenvalue weighted by atomic mass is 16.1. The molecular formula is C15H27N3O. The zero-order valence-electron chi connectivity index (χ0n) is 12.9. The molecule has 1 heterocycles. The summed E-state index contributed by atoms with van der Waals surface area (Å²) in [5, 5.41) is 6.18. The predicted molar refractivity (Wildman–Crippen MR) is 83.6 cm³/mol. The lowest BCUT2D eigenvalue weighted by atomic mass is 10.1. The van der Waals surface area contributed by atoms with Crippen molar-refractivity contribution in [3.05, 3.63) is 23.8 Å². The first-order valence-corrected chi connectivity index (χ1v) is 7.05. The van der Waals surface area contributed by atoms with E-state index in [9.17, 15) is 4.79 Å². The quantitative estimate of drug-likeness (QED) is 0.631. The smallest absolute Gasteiger partial charge is 0.253 e. The predicted octanol–water partition coefficient (Wildman–Crippen LogP) is 3.25. The summed E-state index contributed by atoms with van der Waals surface area (Å²) in [6, 6.07) is 5.61. The molecule has 0 aliphatic carbocycles. The molecule has 1 amide bonds. The van der Waals surface area contributed by atoms with Crippen molar-refractivity contribution in [2.75, 3.05) is 11.1 Å². The van der Waals surface area contributed by atoms with Crippen molar-refractivity contribution in [1.82, 2.24) is 5.32 Å². The van der Waals surface area contributed by atoms with Gasteiger partial charge >= 0.3 is 0 Å². The van der Waals surface area contributed by atoms with Crippen LogP contribution in [0.15, 0.2) is 18.2 Å². The highest BCUT2D eigenvalue weighted by Crippen LogP contribution is 2.26. The van der Waals surface area contributed by atoms with Gasteiger partial charge in [-0.15, -0.1) is 0 Å². The Morgan fingerprint density at radius 2 is 1.53 bits per heavy atom. The van der Waals surface area contributed by atoms with E-state index in [1.807, 2.05) is 41.5 Å². The molecule has 0 aromatic heterocycles. The van der Waals surface area contributed by atoms with Gasteiger partial charge in [-0.25, -0.2) is 0 Å². The van der Waals surface area contributed by atoms with Crippen LogP contribution in [0.2, 0.25) is 0 Å². The molecule has 4 nitrogen and oxygen atoms in total. The van der Waals surface area contributed by atoms with Crippen molar-refractivity contribution in [3.63, 3.8) is 0 Å². The molecule has 1 aliphatic heterocycles. The summed E-state index contributed by atoms with van der Waals surface area (Å²) in [5.74, 6) is -0.0679. The Balaban J connectivity index is 0.000000741. The largest absolute Gasteiger partial charge is 0.397 e. The number of anilines is 2. The summed E-state index contributed by atoms with van der Waals surface area (Å²) in [6.07, 6.45) is 0. The lowest BCUT2D eigenvalue weighted by Crippen LogP contribution is -2.40. The normalized spacial score (nSPS) is 20.2. The molecule has 4 heteroatoms. The summed E-state index contributed by atoms with van der Waals surface area (Å²) in [5.41, 5.74) is 7.81. The van der Waals surface area contributed by atoms with Crippen LogP contribution in [-0.2, 0) is 0 Å². The standard InChI is InChI=1S/C11H15N3O.2C2H6/c1-6-7(2)14-11(15)8-4-3-5-9(12)10(8)13-6;2*1-2/h3-7,13H,12H2,1-2H3,(H,14,15);2*1-2H3. The van der Waals surface area contributed by atoms with Crippen molar-refractivity contribution >= 4 is 17.3 Å². The molecule has 0 saturated carbocycles. The number of rotatable bonds is 0. The van der Waals surface area contributed by atoms with Crippen molar-refractivity contribution in [1.29, 1.82) is 0 Å². The van der Waals surface area contributed by atoms with E-state index in [0.29, 0.717) is 11.3 Å². The fraction of sp³-hybridized carbons (Fsp3) is 0.533. The first-order valence-electron chi connectivity index (χ1n) is 7.05. The molecule has 1 aliphatic rings.